The van der Waals surface area contributed by atoms with E-state index in [1.807, 2.05) is 19.9 Å². The average molecular weight is 379 g/mol. The Labute approximate surface area is 154 Å². The highest BCUT2D eigenvalue weighted by Gasteiger charge is 2.40. The SMILES string of the molecule is C=CC=C1N(CCCCCC(=O)O)c2ccc(S(=O)(=O)O)cc2C1(C)C. The minimum absolute atomic E-state index is 0.120. The number of rotatable bonds is 8. The standard InChI is InChI=1S/C19H25NO5S/c1-4-8-17-19(2,3)15-13-14(26(23,24)25)10-11-16(15)20(17)12-7-5-6-9-18(21)22/h4,8,10-11,13H,1,5-7,9,12H2,2-3H3,(H,21,22)(H,23,24,25). The van der Waals surface area contributed by atoms with Gasteiger partial charge in [-0.3, -0.25) is 9.35 Å². The zero-order valence-corrected chi connectivity index (χ0v) is 15.9. The normalized spacial score (nSPS) is 17.3. The van der Waals surface area contributed by atoms with Crippen molar-refractivity contribution in [3.8, 4) is 0 Å². The summed E-state index contributed by atoms with van der Waals surface area (Å²) in [6.07, 6.45) is 6.01. The molecule has 0 amide bonds. The lowest BCUT2D eigenvalue weighted by atomic mass is 9.84. The molecule has 0 unspecified atom stereocenters. The molecule has 0 saturated carbocycles. The molecule has 0 bridgehead atoms. The van der Waals surface area contributed by atoms with Crippen LogP contribution in [0.15, 0.2) is 47.5 Å². The molecule has 2 rings (SSSR count). The van der Waals surface area contributed by atoms with Crippen LogP contribution in [0.1, 0.15) is 45.1 Å². The maximum Gasteiger partial charge on any atom is 0.303 e. The van der Waals surface area contributed by atoms with Gasteiger partial charge >= 0.3 is 5.97 Å². The molecule has 6 nitrogen and oxygen atoms in total. The average Bonchev–Trinajstić information content (AvgIpc) is 2.74. The molecule has 0 spiro atoms. The van der Waals surface area contributed by atoms with Gasteiger partial charge < -0.3 is 10.0 Å². The molecule has 0 radical (unpaired) electrons. The van der Waals surface area contributed by atoms with E-state index in [0.29, 0.717) is 13.0 Å². The molecule has 26 heavy (non-hydrogen) atoms. The third-order valence-electron chi connectivity index (χ3n) is 4.71. The lowest BCUT2D eigenvalue weighted by molar-refractivity contribution is -0.137. The summed E-state index contributed by atoms with van der Waals surface area (Å²) in [5, 5.41) is 8.73. The fourth-order valence-electron chi connectivity index (χ4n) is 3.39. The van der Waals surface area contributed by atoms with Gasteiger partial charge in [0.25, 0.3) is 10.1 Å². The number of unbranched alkanes of at least 4 members (excludes halogenated alkanes) is 2. The Morgan fingerprint density at radius 2 is 1.96 bits per heavy atom. The fraction of sp³-hybridized carbons (Fsp3) is 0.421. The summed E-state index contributed by atoms with van der Waals surface area (Å²) in [7, 11) is -4.27. The van der Waals surface area contributed by atoms with Gasteiger partial charge in [0, 0.05) is 29.8 Å². The molecule has 7 heteroatoms. The van der Waals surface area contributed by atoms with Gasteiger partial charge in [-0.1, -0.05) is 32.9 Å². The van der Waals surface area contributed by atoms with E-state index in [1.54, 1.807) is 12.1 Å². The summed E-state index contributed by atoms with van der Waals surface area (Å²) in [5.41, 5.74) is 2.28. The Morgan fingerprint density at radius 1 is 1.27 bits per heavy atom. The first-order valence-electron chi connectivity index (χ1n) is 8.53. The largest absolute Gasteiger partial charge is 0.481 e. The molecular formula is C19H25NO5S. The molecule has 2 N–H and O–H groups in total. The number of carboxylic acids is 1. The molecule has 0 atom stereocenters. The van der Waals surface area contributed by atoms with Gasteiger partial charge in [0.15, 0.2) is 0 Å². The number of hydrogen-bond donors (Lipinski definition) is 2. The molecule has 0 saturated heterocycles. The van der Waals surface area contributed by atoms with Crippen LogP contribution in [0.3, 0.4) is 0 Å². The van der Waals surface area contributed by atoms with Crippen LogP contribution in [-0.4, -0.2) is 30.6 Å². The molecule has 142 valence electrons. The second kappa shape index (κ2) is 7.63. The quantitative estimate of drug-likeness (QED) is 0.528. The van der Waals surface area contributed by atoms with E-state index in [2.05, 4.69) is 11.5 Å². The Hall–Kier alpha value is -2.12. The van der Waals surface area contributed by atoms with Gasteiger partial charge in [-0.2, -0.15) is 8.42 Å². The monoisotopic (exact) mass is 379 g/mol. The van der Waals surface area contributed by atoms with Crippen molar-refractivity contribution < 1.29 is 22.9 Å². The maximum atomic E-state index is 11.5. The minimum atomic E-state index is -4.27. The van der Waals surface area contributed by atoms with E-state index >= 15 is 0 Å². The summed E-state index contributed by atoms with van der Waals surface area (Å²) in [6.45, 7) is 8.46. The zero-order valence-electron chi connectivity index (χ0n) is 15.1. The fourth-order valence-corrected chi connectivity index (χ4v) is 3.90. The van der Waals surface area contributed by atoms with Gasteiger partial charge in [0.05, 0.1) is 4.90 Å². The van der Waals surface area contributed by atoms with Crippen LogP contribution in [0.25, 0.3) is 0 Å². The van der Waals surface area contributed by atoms with Crippen molar-refractivity contribution in [3.05, 3.63) is 48.2 Å². The highest BCUT2D eigenvalue weighted by atomic mass is 32.2. The lowest BCUT2D eigenvalue weighted by Crippen LogP contribution is -2.27. The van der Waals surface area contributed by atoms with Gasteiger partial charge in [-0.25, -0.2) is 0 Å². The van der Waals surface area contributed by atoms with Gasteiger partial charge in [0.1, 0.15) is 0 Å². The molecular weight excluding hydrogens is 354 g/mol. The second-order valence-electron chi connectivity index (χ2n) is 6.92. The van der Waals surface area contributed by atoms with E-state index in [4.69, 9.17) is 5.11 Å². The van der Waals surface area contributed by atoms with Gasteiger partial charge in [-0.05, 0) is 42.7 Å². The van der Waals surface area contributed by atoms with Crippen LogP contribution in [0.5, 0.6) is 0 Å². The van der Waals surface area contributed by atoms with E-state index in [0.717, 1.165) is 29.8 Å². The molecule has 1 heterocycles. The van der Waals surface area contributed by atoms with Gasteiger partial charge in [-0.15, -0.1) is 0 Å². The van der Waals surface area contributed by atoms with E-state index in [9.17, 15) is 17.8 Å². The van der Waals surface area contributed by atoms with Crippen LogP contribution < -0.4 is 4.90 Å². The molecule has 1 aromatic carbocycles. The Balaban J connectivity index is 2.32. The number of carboxylic acid groups (broad SMARTS) is 1. The van der Waals surface area contributed by atoms with Crippen molar-refractivity contribution >= 4 is 21.8 Å². The van der Waals surface area contributed by atoms with Crippen molar-refractivity contribution in [2.24, 2.45) is 0 Å². The predicted octanol–water partition coefficient (Wildman–Crippen LogP) is 3.75. The summed E-state index contributed by atoms with van der Waals surface area (Å²) in [6, 6.07) is 4.63. The van der Waals surface area contributed by atoms with Crippen molar-refractivity contribution in [1.29, 1.82) is 0 Å². The molecule has 1 aliphatic rings. The Morgan fingerprint density at radius 3 is 2.54 bits per heavy atom. The van der Waals surface area contributed by atoms with E-state index in [1.165, 1.54) is 12.1 Å². The van der Waals surface area contributed by atoms with Crippen molar-refractivity contribution in [2.45, 2.75) is 49.8 Å². The number of nitrogens with zero attached hydrogens (tertiary/aromatic N) is 1. The Bertz CT molecular complexity index is 839. The van der Waals surface area contributed by atoms with Crippen LogP contribution in [0, 0.1) is 0 Å². The van der Waals surface area contributed by atoms with Gasteiger partial charge in [0.2, 0.25) is 0 Å². The van der Waals surface area contributed by atoms with Crippen LogP contribution in [0.4, 0.5) is 5.69 Å². The lowest BCUT2D eigenvalue weighted by Gasteiger charge is -2.27. The summed E-state index contributed by atoms with van der Waals surface area (Å²) >= 11 is 0. The highest BCUT2D eigenvalue weighted by Crippen LogP contribution is 2.48. The molecule has 1 aromatic rings. The van der Waals surface area contributed by atoms with Crippen LogP contribution in [0.2, 0.25) is 0 Å². The first kappa shape index (κ1) is 20.2. The molecule has 0 aromatic heterocycles. The van der Waals surface area contributed by atoms with Crippen molar-refractivity contribution in [2.75, 3.05) is 11.4 Å². The highest BCUT2D eigenvalue weighted by molar-refractivity contribution is 7.85. The number of allylic oxidation sites excluding steroid dienone is 3. The summed E-state index contributed by atoms with van der Waals surface area (Å²) in [5.74, 6) is -0.789. The number of aliphatic carboxylic acids is 1. The summed E-state index contributed by atoms with van der Waals surface area (Å²) < 4.78 is 32.3. The second-order valence-corrected chi connectivity index (χ2v) is 8.34. The van der Waals surface area contributed by atoms with Crippen molar-refractivity contribution in [1.82, 2.24) is 0 Å². The number of anilines is 1. The first-order chi connectivity index (χ1) is 12.1. The third-order valence-corrected chi connectivity index (χ3v) is 5.56. The number of carbonyl (C=O) groups is 1. The molecule has 0 aliphatic carbocycles. The van der Waals surface area contributed by atoms with Crippen LogP contribution in [-0.2, 0) is 20.3 Å². The molecule has 1 aliphatic heterocycles. The van der Waals surface area contributed by atoms with Crippen molar-refractivity contribution in [3.63, 3.8) is 0 Å². The predicted molar refractivity (Wildman–Crippen MR) is 101 cm³/mol. The third kappa shape index (κ3) is 4.16. The Kier molecular flexibility index (Phi) is 5.93. The van der Waals surface area contributed by atoms with Crippen LogP contribution >= 0.6 is 0 Å². The smallest absolute Gasteiger partial charge is 0.303 e. The van der Waals surface area contributed by atoms with E-state index in [-0.39, 0.29) is 11.3 Å². The number of fused-ring (bicyclic) bond motifs is 1. The first-order valence-corrected chi connectivity index (χ1v) is 9.97. The minimum Gasteiger partial charge on any atom is -0.481 e. The van der Waals surface area contributed by atoms with E-state index < -0.39 is 21.5 Å². The summed E-state index contributed by atoms with van der Waals surface area (Å²) in [4.78, 5) is 12.6. The number of benzene rings is 1. The topological polar surface area (TPSA) is 94.9 Å². The zero-order chi connectivity index (χ0) is 19.5. The maximum absolute atomic E-state index is 11.5. The molecule has 0 fully saturated rings. The number of hydrogen-bond acceptors (Lipinski definition) is 4.